The Morgan fingerprint density at radius 1 is 1.08 bits per heavy atom. The molecular formula is C20H23N5O. The van der Waals surface area contributed by atoms with E-state index in [0.29, 0.717) is 11.8 Å². The average molecular weight is 349 g/mol. The Kier molecular flexibility index (Phi) is 5.63. The van der Waals surface area contributed by atoms with Crippen LogP contribution in [0.5, 0.6) is 5.75 Å². The smallest absolute Gasteiger partial charge is 0.249 e. The summed E-state index contributed by atoms with van der Waals surface area (Å²) >= 11 is 0. The molecular weight excluding hydrogens is 326 g/mol. The van der Waals surface area contributed by atoms with Crippen LogP contribution in [0.15, 0.2) is 48.7 Å². The molecule has 6 heteroatoms. The van der Waals surface area contributed by atoms with Crippen LogP contribution >= 0.6 is 0 Å². The highest BCUT2D eigenvalue weighted by Gasteiger charge is 2.05. The van der Waals surface area contributed by atoms with Crippen LogP contribution in [0.25, 0.3) is 0 Å². The molecule has 0 saturated carbocycles. The molecule has 1 aromatic heterocycles. The second-order valence-electron chi connectivity index (χ2n) is 6.07. The van der Waals surface area contributed by atoms with Gasteiger partial charge in [-0.1, -0.05) is 24.3 Å². The van der Waals surface area contributed by atoms with Crippen LogP contribution in [0.2, 0.25) is 0 Å². The summed E-state index contributed by atoms with van der Waals surface area (Å²) in [6.07, 6.45) is 2.49. The van der Waals surface area contributed by atoms with E-state index in [4.69, 9.17) is 4.74 Å². The second kappa shape index (κ2) is 8.29. The van der Waals surface area contributed by atoms with Gasteiger partial charge in [-0.2, -0.15) is 10.1 Å². The van der Waals surface area contributed by atoms with Gasteiger partial charge in [-0.25, -0.2) is 0 Å². The summed E-state index contributed by atoms with van der Waals surface area (Å²) in [5.41, 5.74) is 4.58. The topological polar surface area (TPSA) is 72.0 Å². The highest BCUT2D eigenvalue weighted by atomic mass is 16.5. The molecule has 134 valence electrons. The molecule has 0 aliphatic heterocycles. The number of rotatable bonds is 7. The summed E-state index contributed by atoms with van der Waals surface area (Å²) < 4.78 is 5.25. The van der Waals surface area contributed by atoms with Crippen molar-refractivity contribution in [3.05, 3.63) is 65.4 Å². The summed E-state index contributed by atoms with van der Waals surface area (Å²) in [4.78, 5) is 4.48. The Morgan fingerprint density at radius 2 is 1.92 bits per heavy atom. The lowest BCUT2D eigenvalue weighted by molar-refractivity contribution is 0.414. The molecule has 6 nitrogen and oxygen atoms in total. The number of ether oxygens (including phenoxy) is 1. The second-order valence-corrected chi connectivity index (χ2v) is 6.07. The Balaban J connectivity index is 1.61. The first-order chi connectivity index (χ1) is 12.7. The number of aromatic nitrogens is 3. The van der Waals surface area contributed by atoms with Crippen molar-refractivity contribution in [3.8, 4) is 5.75 Å². The Morgan fingerprint density at radius 3 is 2.77 bits per heavy atom. The summed E-state index contributed by atoms with van der Waals surface area (Å²) in [5, 5.41) is 14.6. The quantitative estimate of drug-likeness (QED) is 0.674. The number of hydrogen-bond acceptors (Lipinski definition) is 6. The predicted molar refractivity (Wildman–Crippen MR) is 104 cm³/mol. The molecule has 0 atom stereocenters. The lowest BCUT2D eigenvalue weighted by atomic mass is 10.1. The number of methoxy groups -OCH3 is 1. The molecule has 2 N–H and O–H groups in total. The van der Waals surface area contributed by atoms with Gasteiger partial charge in [0.1, 0.15) is 5.75 Å². The SMILES string of the molecule is COc1cccc(CCNc2cnnc(Nc3cccc(C)c3C)n2)c1. The van der Waals surface area contributed by atoms with Crippen LogP contribution in [-0.2, 0) is 6.42 Å². The molecule has 3 aromatic rings. The highest BCUT2D eigenvalue weighted by Crippen LogP contribution is 2.21. The van der Waals surface area contributed by atoms with Gasteiger partial charge in [0, 0.05) is 12.2 Å². The summed E-state index contributed by atoms with van der Waals surface area (Å²) in [6, 6.07) is 14.1. The van der Waals surface area contributed by atoms with Crippen molar-refractivity contribution >= 4 is 17.5 Å². The number of hydrogen-bond donors (Lipinski definition) is 2. The van der Waals surface area contributed by atoms with E-state index in [-0.39, 0.29) is 0 Å². The number of anilines is 3. The van der Waals surface area contributed by atoms with E-state index in [1.54, 1.807) is 13.3 Å². The van der Waals surface area contributed by atoms with Crippen molar-refractivity contribution in [1.82, 2.24) is 15.2 Å². The first-order valence-electron chi connectivity index (χ1n) is 8.55. The zero-order valence-corrected chi connectivity index (χ0v) is 15.3. The van der Waals surface area contributed by atoms with Crippen LogP contribution in [0, 0.1) is 13.8 Å². The number of nitrogens with one attached hydrogen (secondary N) is 2. The zero-order valence-electron chi connectivity index (χ0n) is 15.3. The van der Waals surface area contributed by atoms with Gasteiger partial charge >= 0.3 is 0 Å². The molecule has 0 bridgehead atoms. The van der Waals surface area contributed by atoms with E-state index in [9.17, 15) is 0 Å². The number of nitrogens with zero attached hydrogens (tertiary/aromatic N) is 3. The molecule has 0 spiro atoms. The Bertz CT molecular complexity index is 882. The van der Waals surface area contributed by atoms with Gasteiger partial charge in [0.2, 0.25) is 5.95 Å². The van der Waals surface area contributed by atoms with Crippen LogP contribution in [0.3, 0.4) is 0 Å². The van der Waals surface area contributed by atoms with Gasteiger partial charge in [0.15, 0.2) is 5.82 Å². The van der Waals surface area contributed by atoms with Crippen molar-refractivity contribution in [2.75, 3.05) is 24.3 Å². The van der Waals surface area contributed by atoms with E-state index in [1.165, 1.54) is 16.7 Å². The Labute approximate surface area is 153 Å². The van der Waals surface area contributed by atoms with E-state index in [2.05, 4.69) is 51.8 Å². The highest BCUT2D eigenvalue weighted by molar-refractivity contribution is 5.60. The number of aryl methyl sites for hydroxylation is 1. The van der Waals surface area contributed by atoms with Crippen molar-refractivity contribution in [2.45, 2.75) is 20.3 Å². The fraction of sp³-hybridized carbons (Fsp3) is 0.250. The third kappa shape index (κ3) is 4.47. The molecule has 2 aromatic carbocycles. The van der Waals surface area contributed by atoms with Crippen LogP contribution in [0.4, 0.5) is 17.5 Å². The zero-order chi connectivity index (χ0) is 18.4. The molecule has 0 unspecified atom stereocenters. The molecule has 0 saturated heterocycles. The van der Waals surface area contributed by atoms with E-state index < -0.39 is 0 Å². The third-order valence-corrected chi connectivity index (χ3v) is 4.26. The van der Waals surface area contributed by atoms with Gasteiger partial charge < -0.3 is 15.4 Å². The van der Waals surface area contributed by atoms with Gasteiger partial charge in [-0.3, -0.25) is 0 Å². The summed E-state index contributed by atoms with van der Waals surface area (Å²) in [6.45, 7) is 4.90. The molecule has 0 fully saturated rings. The average Bonchev–Trinajstić information content (AvgIpc) is 2.66. The van der Waals surface area contributed by atoms with Gasteiger partial charge in [0.25, 0.3) is 0 Å². The predicted octanol–water partition coefficient (Wildman–Crippen LogP) is 3.90. The van der Waals surface area contributed by atoms with Gasteiger partial charge in [-0.15, -0.1) is 5.10 Å². The largest absolute Gasteiger partial charge is 0.497 e. The Hall–Kier alpha value is -3.15. The molecule has 0 radical (unpaired) electrons. The molecule has 0 amide bonds. The maximum absolute atomic E-state index is 5.25. The lowest BCUT2D eigenvalue weighted by Crippen LogP contribution is -2.09. The number of benzene rings is 2. The van der Waals surface area contributed by atoms with E-state index in [1.807, 2.05) is 30.3 Å². The van der Waals surface area contributed by atoms with Gasteiger partial charge in [-0.05, 0) is 55.2 Å². The van der Waals surface area contributed by atoms with E-state index in [0.717, 1.165) is 24.4 Å². The molecule has 0 aliphatic carbocycles. The molecule has 0 aliphatic rings. The van der Waals surface area contributed by atoms with E-state index >= 15 is 0 Å². The van der Waals surface area contributed by atoms with Crippen molar-refractivity contribution < 1.29 is 4.74 Å². The molecule has 26 heavy (non-hydrogen) atoms. The maximum Gasteiger partial charge on any atom is 0.249 e. The fourth-order valence-electron chi connectivity index (χ4n) is 2.61. The minimum absolute atomic E-state index is 0.477. The minimum atomic E-state index is 0.477. The van der Waals surface area contributed by atoms with Crippen molar-refractivity contribution in [2.24, 2.45) is 0 Å². The lowest BCUT2D eigenvalue weighted by Gasteiger charge is -2.11. The first kappa shape index (κ1) is 17.7. The van der Waals surface area contributed by atoms with Crippen molar-refractivity contribution in [1.29, 1.82) is 0 Å². The van der Waals surface area contributed by atoms with Crippen molar-refractivity contribution in [3.63, 3.8) is 0 Å². The molecule has 3 rings (SSSR count). The third-order valence-electron chi connectivity index (χ3n) is 4.26. The normalized spacial score (nSPS) is 10.4. The first-order valence-corrected chi connectivity index (χ1v) is 8.55. The monoisotopic (exact) mass is 349 g/mol. The van der Waals surface area contributed by atoms with Crippen LogP contribution in [0.1, 0.15) is 16.7 Å². The summed E-state index contributed by atoms with van der Waals surface area (Å²) in [7, 11) is 1.67. The van der Waals surface area contributed by atoms with Crippen LogP contribution < -0.4 is 15.4 Å². The maximum atomic E-state index is 5.25. The summed E-state index contributed by atoms with van der Waals surface area (Å²) in [5.74, 6) is 2.03. The minimum Gasteiger partial charge on any atom is -0.497 e. The molecule has 1 heterocycles. The van der Waals surface area contributed by atoms with Crippen LogP contribution in [-0.4, -0.2) is 28.8 Å². The standard InChI is InChI=1S/C20H23N5O/c1-14-6-4-9-18(15(14)2)23-20-24-19(13-22-25-20)21-11-10-16-7-5-8-17(12-16)26-3/h4-9,12-13H,10-11H2,1-3H3,(H2,21,23,24,25). The fourth-order valence-corrected chi connectivity index (χ4v) is 2.61. The van der Waals surface area contributed by atoms with Gasteiger partial charge in [0.05, 0.1) is 13.3 Å².